The SMILES string of the molecule is CCCCOc1ccc(C)cc1-c1ccc(COc2ccc(C(CC(=O)O)c3ncco3)cc2)cc1.CCCCOc1ccc(C)cc1-c1ccc(COc2ccc([C@H](CC(=O)O)c3ncco3)cc2)cc1. The van der Waals surface area contributed by atoms with E-state index in [0.29, 0.717) is 49.7 Å². The van der Waals surface area contributed by atoms with Crippen LogP contribution in [0, 0.1) is 13.8 Å². The molecule has 8 aromatic rings. The number of nitrogens with zero attached hydrogens (tertiary/aromatic N) is 2. The highest BCUT2D eigenvalue weighted by molar-refractivity contribution is 5.73. The first-order valence-electron chi connectivity index (χ1n) is 24.4. The van der Waals surface area contributed by atoms with E-state index in [9.17, 15) is 19.8 Å². The molecule has 0 spiro atoms. The van der Waals surface area contributed by atoms with Crippen LogP contribution in [0.5, 0.6) is 23.0 Å². The zero-order chi connectivity index (χ0) is 50.7. The van der Waals surface area contributed by atoms with Crippen LogP contribution in [0.3, 0.4) is 0 Å². The average molecular weight is 971 g/mol. The fourth-order valence-corrected chi connectivity index (χ4v) is 7.99. The van der Waals surface area contributed by atoms with Gasteiger partial charge in [-0.1, -0.05) is 123 Å². The summed E-state index contributed by atoms with van der Waals surface area (Å²) in [5.74, 6) is 1.28. The number of carboxylic acid groups (broad SMARTS) is 2. The summed E-state index contributed by atoms with van der Waals surface area (Å²) in [7, 11) is 0. The van der Waals surface area contributed by atoms with Crippen LogP contribution in [-0.2, 0) is 22.8 Å². The highest BCUT2D eigenvalue weighted by atomic mass is 16.5. The van der Waals surface area contributed by atoms with Crippen LogP contribution in [0.25, 0.3) is 22.3 Å². The largest absolute Gasteiger partial charge is 0.493 e. The molecule has 0 radical (unpaired) electrons. The Labute approximate surface area is 421 Å². The summed E-state index contributed by atoms with van der Waals surface area (Å²) in [5, 5.41) is 18.6. The van der Waals surface area contributed by atoms with Gasteiger partial charge in [0.05, 0.1) is 50.3 Å². The molecule has 372 valence electrons. The van der Waals surface area contributed by atoms with Gasteiger partial charge in [-0.15, -0.1) is 0 Å². The van der Waals surface area contributed by atoms with Crippen molar-refractivity contribution in [1.82, 2.24) is 9.97 Å². The van der Waals surface area contributed by atoms with Gasteiger partial charge in [-0.3, -0.25) is 9.59 Å². The van der Waals surface area contributed by atoms with Crippen LogP contribution in [0.1, 0.15) is 109 Å². The fraction of sp³-hybridized carbons (Fsp3) is 0.267. The van der Waals surface area contributed by atoms with E-state index >= 15 is 0 Å². The first kappa shape index (κ1) is 51.7. The lowest BCUT2D eigenvalue weighted by molar-refractivity contribution is -0.138. The molecular formula is C60H62N2O10. The zero-order valence-electron chi connectivity index (χ0n) is 41.3. The molecule has 0 fully saturated rings. The summed E-state index contributed by atoms with van der Waals surface area (Å²) in [4.78, 5) is 30.9. The first-order chi connectivity index (χ1) is 35.1. The van der Waals surface area contributed by atoms with E-state index in [-0.39, 0.29) is 12.8 Å². The smallest absolute Gasteiger partial charge is 0.304 e. The molecule has 8 rings (SSSR count). The number of aliphatic carboxylic acids is 2. The van der Waals surface area contributed by atoms with E-state index in [1.54, 1.807) is 0 Å². The summed E-state index contributed by atoms with van der Waals surface area (Å²) in [6.45, 7) is 10.8. The maximum Gasteiger partial charge on any atom is 0.304 e. The molecule has 72 heavy (non-hydrogen) atoms. The van der Waals surface area contributed by atoms with E-state index in [2.05, 4.69) is 110 Å². The number of hydrogen-bond donors (Lipinski definition) is 2. The molecule has 12 heteroatoms. The molecule has 2 aromatic heterocycles. The molecular weight excluding hydrogens is 909 g/mol. The van der Waals surface area contributed by atoms with Crippen LogP contribution in [0.2, 0.25) is 0 Å². The quantitative estimate of drug-likeness (QED) is 0.0552. The van der Waals surface area contributed by atoms with Crippen molar-refractivity contribution in [2.75, 3.05) is 13.2 Å². The Morgan fingerprint density at radius 3 is 1.24 bits per heavy atom. The third kappa shape index (κ3) is 14.9. The third-order valence-electron chi connectivity index (χ3n) is 11.9. The summed E-state index contributed by atoms with van der Waals surface area (Å²) in [6.07, 6.45) is 10.0. The molecule has 6 aromatic carbocycles. The van der Waals surface area contributed by atoms with Gasteiger partial charge in [0.15, 0.2) is 0 Å². The molecule has 0 saturated carbocycles. The average Bonchev–Trinajstić information content (AvgIpc) is 4.15. The molecule has 0 aliphatic carbocycles. The van der Waals surface area contributed by atoms with Gasteiger partial charge in [0.25, 0.3) is 0 Å². The van der Waals surface area contributed by atoms with Gasteiger partial charge in [0.2, 0.25) is 11.8 Å². The Bertz CT molecular complexity index is 2700. The second-order valence-corrected chi connectivity index (χ2v) is 17.6. The van der Waals surface area contributed by atoms with Gasteiger partial charge < -0.3 is 38.0 Å². The molecule has 0 amide bonds. The van der Waals surface area contributed by atoms with Crippen molar-refractivity contribution in [3.63, 3.8) is 0 Å². The van der Waals surface area contributed by atoms with Crippen LogP contribution in [0.15, 0.2) is 167 Å². The third-order valence-corrected chi connectivity index (χ3v) is 11.9. The molecule has 1 unspecified atom stereocenters. The van der Waals surface area contributed by atoms with Gasteiger partial charge in [0.1, 0.15) is 48.7 Å². The molecule has 0 aliphatic rings. The lowest BCUT2D eigenvalue weighted by atomic mass is 9.95. The van der Waals surface area contributed by atoms with Crippen LogP contribution < -0.4 is 18.9 Å². The number of benzene rings is 6. The topological polar surface area (TPSA) is 164 Å². The van der Waals surface area contributed by atoms with Crippen molar-refractivity contribution < 1.29 is 47.6 Å². The molecule has 2 heterocycles. The van der Waals surface area contributed by atoms with E-state index in [0.717, 1.165) is 81.7 Å². The second kappa shape index (κ2) is 26.2. The molecule has 12 nitrogen and oxygen atoms in total. The second-order valence-electron chi connectivity index (χ2n) is 17.6. The van der Waals surface area contributed by atoms with Crippen molar-refractivity contribution in [3.05, 3.63) is 204 Å². The number of carbonyl (C=O) groups is 2. The summed E-state index contributed by atoms with van der Waals surface area (Å²) in [5.41, 5.74) is 10.5. The number of ether oxygens (including phenoxy) is 4. The highest BCUT2D eigenvalue weighted by Gasteiger charge is 2.23. The summed E-state index contributed by atoms with van der Waals surface area (Å²) >= 11 is 0. The predicted octanol–water partition coefficient (Wildman–Crippen LogP) is 14.0. The highest BCUT2D eigenvalue weighted by Crippen LogP contribution is 2.35. The predicted molar refractivity (Wildman–Crippen MR) is 277 cm³/mol. The van der Waals surface area contributed by atoms with Crippen LogP contribution in [0.4, 0.5) is 0 Å². The van der Waals surface area contributed by atoms with Crippen molar-refractivity contribution >= 4 is 11.9 Å². The minimum absolute atomic E-state index is 0.0979. The Hall–Kier alpha value is -8.12. The monoisotopic (exact) mass is 970 g/mol. The summed E-state index contributed by atoms with van der Waals surface area (Å²) < 4.78 is 34.7. The maximum atomic E-state index is 11.3. The molecule has 0 aliphatic heterocycles. The molecule has 0 bridgehead atoms. The fourth-order valence-electron chi connectivity index (χ4n) is 7.99. The number of aryl methyl sites for hydroxylation is 2. The molecule has 0 saturated heterocycles. The maximum absolute atomic E-state index is 11.3. The van der Waals surface area contributed by atoms with Crippen molar-refractivity contribution in [2.24, 2.45) is 0 Å². The lowest BCUT2D eigenvalue weighted by Crippen LogP contribution is -2.08. The van der Waals surface area contributed by atoms with Gasteiger partial charge in [-0.25, -0.2) is 9.97 Å². The van der Waals surface area contributed by atoms with Crippen LogP contribution >= 0.6 is 0 Å². The van der Waals surface area contributed by atoms with Gasteiger partial charge in [-0.05, 0) is 109 Å². The van der Waals surface area contributed by atoms with E-state index in [1.165, 1.54) is 36.0 Å². The molecule has 2 atom stereocenters. The van der Waals surface area contributed by atoms with Crippen molar-refractivity contribution in [3.8, 4) is 45.3 Å². The Kier molecular flexibility index (Phi) is 18.8. The van der Waals surface area contributed by atoms with E-state index in [4.69, 9.17) is 27.8 Å². The Morgan fingerprint density at radius 1 is 0.514 bits per heavy atom. The Balaban J connectivity index is 0.000000211. The van der Waals surface area contributed by atoms with Gasteiger partial charge >= 0.3 is 11.9 Å². The van der Waals surface area contributed by atoms with E-state index in [1.807, 2.05) is 60.7 Å². The number of aromatic nitrogens is 2. The number of rotatable bonds is 24. The van der Waals surface area contributed by atoms with Crippen molar-refractivity contribution in [2.45, 2.75) is 91.3 Å². The first-order valence-corrected chi connectivity index (χ1v) is 24.4. The van der Waals surface area contributed by atoms with Gasteiger partial charge in [-0.2, -0.15) is 0 Å². The van der Waals surface area contributed by atoms with Gasteiger partial charge in [0, 0.05) is 11.1 Å². The number of carboxylic acids is 2. The van der Waals surface area contributed by atoms with Crippen LogP contribution in [-0.4, -0.2) is 45.3 Å². The standard InChI is InChI=1S/2C30H31NO5/c2*1-3-4-16-34-28-14-5-21(2)18-26(28)23-8-6-22(7-9-23)20-36-25-12-10-24(11-13-25)27(19-29(32)33)30-31-15-17-35-30/h2*5-15,17-18,27H,3-4,16,19-20H2,1-2H3,(H,32,33)/t27-;/m0./s1. The zero-order valence-corrected chi connectivity index (χ0v) is 41.3. The lowest BCUT2D eigenvalue weighted by Gasteiger charge is -2.14. The number of unbranched alkanes of at least 4 members (excludes halogenated alkanes) is 2. The minimum Gasteiger partial charge on any atom is -0.493 e. The number of hydrogen-bond acceptors (Lipinski definition) is 10. The Morgan fingerprint density at radius 2 is 0.903 bits per heavy atom. The number of oxazole rings is 2. The minimum atomic E-state index is -0.910. The normalized spacial score (nSPS) is 11.7. The van der Waals surface area contributed by atoms with E-state index < -0.39 is 23.8 Å². The molecule has 2 N–H and O–H groups in total. The van der Waals surface area contributed by atoms with Crippen molar-refractivity contribution in [1.29, 1.82) is 0 Å². The summed E-state index contributed by atoms with van der Waals surface area (Å²) in [6, 6.07) is 44.0.